The van der Waals surface area contributed by atoms with E-state index >= 15 is 0 Å². The molecular formula is C9H14NO+. The van der Waals surface area contributed by atoms with E-state index in [1.807, 2.05) is 19.1 Å². The van der Waals surface area contributed by atoms with Crippen molar-refractivity contribution in [2.75, 3.05) is 0 Å². The van der Waals surface area contributed by atoms with Gasteiger partial charge in [-0.1, -0.05) is 13.8 Å². The van der Waals surface area contributed by atoms with Gasteiger partial charge < -0.3 is 0 Å². The van der Waals surface area contributed by atoms with E-state index in [2.05, 4.69) is 13.8 Å². The van der Waals surface area contributed by atoms with Crippen molar-refractivity contribution in [3.8, 4) is 0 Å². The first-order valence-corrected chi connectivity index (χ1v) is 3.82. The van der Waals surface area contributed by atoms with E-state index < -0.39 is 0 Å². The minimum Gasteiger partial charge on any atom is -0.285 e. The summed E-state index contributed by atoms with van der Waals surface area (Å²) in [6, 6.07) is 3.92. The first-order chi connectivity index (χ1) is 5.11. The van der Waals surface area contributed by atoms with Crippen molar-refractivity contribution in [2.45, 2.75) is 26.7 Å². The fourth-order valence-corrected chi connectivity index (χ4v) is 0.989. The molecule has 1 aromatic rings. The lowest BCUT2D eigenvalue weighted by Crippen LogP contribution is -2.32. The van der Waals surface area contributed by atoms with Crippen LogP contribution in [0.3, 0.4) is 0 Å². The highest BCUT2D eigenvalue weighted by atomic mass is 16.5. The summed E-state index contributed by atoms with van der Waals surface area (Å²) in [6.45, 7) is 6.15. The molecule has 1 aromatic heterocycles. The number of hydrogen-bond donors (Lipinski definition) is 1. The molecule has 0 saturated carbocycles. The van der Waals surface area contributed by atoms with E-state index in [-0.39, 0.29) is 0 Å². The molecule has 1 N–H and O–H groups in total. The Kier molecular flexibility index (Phi) is 2.13. The highest BCUT2D eigenvalue weighted by molar-refractivity contribution is 5.15. The second-order valence-corrected chi connectivity index (χ2v) is 3.10. The van der Waals surface area contributed by atoms with Crippen LogP contribution in [0.2, 0.25) is 0 Å². The van der Waals surface area contributed by atoms with E-state index in [0.29, 0.717) is 5.92 Å². The Morgan fingerprint density at radius 3 is 2.55 bits per heavy atom. The number of aryl methyl sites for hydroxylation is 1. The van der Waals surface area contributed by atoms with Gasteiger partial charge in [0.15, 0.2) is 0 Å². The molecule has 0 aliphatic carbocycles. The SMILES string of the molecule is Cc1cc(C(C)C)cc[n+]1O. The molecule has 0 fully saturated rings. The van der Waals surface area contributed by atoms with Crippen LogP contribution in [0, 0.1) is 6.92 Å². The molecule has 0 spiro atoms. The third-order valence-corrected chi connectivity index (χ3v) is 1.81. The van der Waals surface area contributed by atoms with Gasteiger partial charge in [0.05, 0.1) is 0 Å². The predicted octanol–water partition coefficient (Wildman–Crippen LogP) is 1.64. The van der Waals surface area contributed by atoms with Gasteiger partial charge in [-0.15, -0.1) is 0 Å². The Bertz CT molecular complexity index is 256. The third-order valence-electron chi connectivity index (χ3n) is 1.81. The normalized spacial score (nSPS) is 10.5. The van der Waals surface area contributed by atoms with Crippen molar-refractivity contribution in [3.05, 3.63) is 29.6 Å². The van der Waals surface area contributed by atoms with E-state index in [4.69, 9.17) is 5.21 Å². The first-order valence-electron chi connectivity index (χ1n) is 3.82. The third kappa shape index (κ3) is 1.70. The maximum atomic E-state index is 9.14. The zero-order chi connectivity index (χ0) is 8.43. The van der Waals surface area contributed by atoms with Gasteiger partial charge in [0, 0.05) is 23.8 Å². The van der Waals surface area contributed by atoms with Crippen LogP contribution in [0.15, 0.2) is 18.3 Å². The summed E-state index contributed by atoms with van der Waals surface area (Å²) in [5, 5.41) is 9.14. The summed E-state index contributed by atoms with van der Waals surface area (Å²) in [7, 11) is 0. The Hall–Kier alpha value is -1.05. The van der Waals surface area contributed by atoms with Gasteiger partial charge in [-0.05, 0) is 11.5 Å². The van der Waals surface area contributed by atoms with Crippen LogP contribution in [0.1, 0.15) is 31.0 Å². The molecule has 11 heavy (non-hydrogen) atoms. The van der Waals surface area contributed by atoms with Gasteiger partial charge in [-0.2, -0.15) is 0 Å². The number of nitrogens with zero attached hydrogens (tertiary/aromatic N) is 1. The Labute approximate surface area is 67.1 Å². The number of pyridine rings is 1. The maximum absolute atomic E-state index is 9.14. The topological polar surface area (TPSA) is 24.1 Å². The van der Waals surface area contributed by atoms with Crippen molar-refractivity contribution >= 4 is 0 Å². The van der Waals surface area contributed by atoms with Crippen LogP contribution in [0.25, 0.3) is 0 Å². The van der Waals surface area contributed by atoms with Crippen molar-refractivity contribution in [2.24, 2.45) is 0 Å². The molecule has 0 aliphatic rings. The molecule has 1 heterocycles. The fraction of sp³-hybridized carbons (Fsp3) is 0.444. The Morgan fingerprint density at radius 2 is 2.09 bits per heavy atom. The standard InChI is InChI=1S/C9H14NO/c1-7(2)9-4-5-10(11)8(3)6-9/h4-7,11H,1-3H3/q+1. The van der Waals surface area contributed by atoms with Crippen LogP contribution in [0.4, 0.5) is 0 Å². The van der Waals surface area contributed by atoms with Crippen LogP contribution >= 0.6 is 0 Å². The van der Waals surface area contributed by atoms with Crippen molar-refractivity contribution in [3.63, 3.8) is 0 Å². The van der Waals surface area contributed by atoms with Gasteiger partial charge in [0.1, 0.15) is 0 Å². The molecule has 60 valence electrons. The fourth-order valence-electron chi connectivity index (χ4n) is 0.989. The first kappa shape index (κ1) is 8.05. The molecule has 0 bridgehead atoms. The van der Waals surface area contributed by atoms with E-state index in [9.17, 15) is 0 Å². The minimum atomic E-state index is 0.523. The highest BCUT2D eigenvalue weighted by Gasteiger charge is 2.06. The number of rotatable bonds is 1. The molecule has 0 aromatic carbocycles. The molecule has 0 aliphatic heterocycles. The van der Waals surface area contributed by atoms with Gasteiger partial charge in [-0.25, -0.2) is 0 Å². The molecule has 1 rings (SSSR count). The lowest BCUT2D eigenvalue weighted by atomic mass is 10.0. The lowest BCUT2D eigenvalue weighted by Gasteiger charge is -2.02. The zero-order valence-electron chi connectivity index (χ0n) is 7.20. The summed E-state index contributed by atoms with van der Waals surface area (Å²) in [6.07, 6.45) is 1.67. The summed E-state index contributed by atoms with van der Waals surface area (Å²) in [5.41, 5.74) is 2.13. The molecule has 0 atom stereocenters. The average Bonchev–Trinajstić information content (AvgIpc) is 1.94. The molecule has 0 radical (unpaired) electrons. The summed E-state index contributed by atoms with van der Waals surface area (Å²) in [5.74, 6) is 0.523. The molecule has 0 amide bonds. The van der Waals surface area contributed by atoms with Gasteiger partial charge in [0.2, 0.25) is 11.9 Å². The Morgan fingerprint density at radius 1 is 1.45 bits per heavy atom. The van der Waals surface area contributed by atoms with Gasteiger partial charge in [-0.3, -0.25) is 5.21 Å². The molecular weight excluding hydrogens is 138 g/mol. The van der Waals surface area contributed by atoms with Crippen molar-refractivity contribution in [1.82, 2.24) is 0 Å². The summed E-state index contributed by atoms with van der Waals surface area (Å²) < 4.78 is 1.13. The second-order valence-electron chi connectivity index (χ2n) is 3.10. The minimum absolute atomic E-state index is 0.523. The molecule has 2 heteroatoms. The zero-order valence-corrected chi connectivity index (χ0v) is 7.20. The van der Waals surface area contributed by atoms with E-state index in [1.165, 1.54) is 5.56 Å². The van der Waals surface area contributed by atoms with Crippen molar-refractivity contribution in [1.29, 1.82) is 0 Å². The van der Waals surface area contributed by atoms with Crippen LogP contribution < -0.4 is 4.73 Å². The van der Waals surface area contributed by atoms with Crippen molar-refractivity contribution < 1.29 is 9.94 Å². The lowest BCUT2D eigenvalue weighted by molar-refractivity contribution is -0.908. The van der Waals surface area contributed by atoms with E-state index in [0.717, 1.165) is 10.4 Å². The maximum Gasteiger partial charge on any atom is 0.231 e. The monoisotopic (exact) mass is 152 g/mol. The summed E-state index contributed by atoms with van der Waals surface area (Å²) in [4.78, 5) is 0. The average molecular weight is 152 g/mol. The highest BCUT2D eigenvalue weighted by Crippen LogP contribution is 2.12. The summed E-state index contributed by atoms with van der Waals surface area (Å²) >= 11 is 0. The quantitative estimate of drug-likeness (QED) is 0.480. The van der Waals surface area contributed by atoms with Crippen LogP contribution in [0.5, 0.6) is 0 Å². The second kappa shape index (κ2) is 2.91. The Balaban J connectivity index is 3.05. The molecule has 2 nitrogen and oxygen atoms in total. The van der Waals surface area contributed by atoms with Gasteiger partial charge >= 0.3 is 0 Å². The number of aromatic nitrogens is 1. The molecule has 0 unspecified atom stereocenters. The number of hydrogen-bond acceptors (Lipinski definition) is 1. The molecule has 0 saturated heterocycles. The predicted molar refractivity (Wildman–Crippen MR) is 42.6 cm³/mol. The van der Waals surface area contributed by atoms with Crippen LogP contribution in [-0.2, 0) is 0 Å². The van der Waals surface area contributed by atoms with Crippen LogP contribution in [-0.4, -0.2) is 5.21 Å². The van der Waals surface area contributed by atoms with Gasteiger partial charge in [0.25, 0.3) is 0 Å². The van der Waals surface area contributed by atoms with E-state index in [1.54, 1.807) is 6.20 Å². The largest absolute Gasteiger partial charge is 0.285 e. The smallest absolute Gasteiger partial charge is 0.231 e.